The molecule has 2 saturated heterocycles. The van der Waals surface area contributed by atoms with Gasteiger partial charge in [0, 0.05) is 32.2 Å². The van der Waals surface area contributed by atoms with Gasteiger partial charge in [0.2, 0.25) is 15.9 Å². The Morgan fingerprint density at radius 3 is 2.70 bits per heavy atom. The van der Waals surface area contributed by atoms with E-state index in [4.69, 9.17) is 0 Å². The van der Waals surface area contributed by atoms with E-state index in [0.717, 1.165) is 25.8 Å². The Morgan fingerprint density at radius 2 is 2.09 bits per heavy atom. The molecule has 2 aliphatic rings. The Balaban J connectivity index is 1.54. The van der Waals surface area contributed by atoms with Crippen LogP contribution in [-0.4, -0.2) is 67.5 Å². The molecule has 2 fully saturated rings. The number of piperazine rings is 1. The monoisotopic (exact) mass is 342 g/mol. The van der Waals surface area contributed by atoms with Crippen LogP contribution in [-0.2, 0) is 20.6 Å². The molecule has 1 aromatic rings. The van der Waals surface area contributed by atoms with Crippen molar-refractivity contribution in [3.05, 3.63) is 18.0 Å². The summed E-state index contributed by atoms with van der Waals surface area (Å²) in [6, 6.07) is 1.44. The van der Waals surface area contributed by atoms with Crippen LogP contribution in [0.3, 0.4) is 0 Å². The maximum absolute atomic E-state index is 12.4. The van der Waals surface area contributed by atoms with E-state index in [1.807, 2.05) is 0 Å². The first-order chi connectivity index (χ1) is 11.1. The molecule has 0 spiro atoms. The summed E-state index contributed by atoms with van der Waals surface area (Å²) in [6.07, 6.45) is 4.40. The number of nitrogens with zero attached hydrogens (tertiary/aromatic N) is 3. The molecule has 1 unspecified atom stereocenters. The molecule has 0 radical (unpaired) electrons. The average Bonchev–Trinajstić information content (AvgIpc) is 3.07. The fourth-order valence-corrected chi connectivity index (χ4v) is 4.48. The van der Waals surface area contributed by atoms with Gasteiger partial charge in [0.25, 0.3) is 0 Å². The number of hydrogen-bond acceptors (Lipinski definition) is 6. The molecular weight excluding hydrogens is 320 g/mol. The van der Waals surface area contributed by atoms with E-state index in [-0.39, 0.29) is 17.7 Å². The van der Waals surface area contributed by atoms with Crippen LogP contribution < -0.4 is 5.32 Å². The number of rotatable bonds is 4. The maximum Gasteiger partial charge on any atom is 0.239 e. The Hall–Kier alpha value is -1.45. The van der Waals surface area contributed by atoms with Crippen LogP contribution in [0.15, 0.2) is 16.9 Å². The van der Waals surface area contributed by atoms with E-state index in [9.17, 15) is 13.2 Å². The topological polar surface area (TPSA) is 95.8 Å². The summed E-state index contributed by atoms with van der Waals surface area (Å²) in [6.45, 7) is 2.42. The van der Waals surface area contributed by atoms with E-state index in [2.05, 4.69) is 15.0 Å². The quantitative estimate of drug-likeness (QED) is 0.813. The van der Waals surface area contributed by atoms with Gasteiger partial charge in [0.05, 0.1) is 11.7 Å². The Labute approximate surface area is 135 Å². The van der Waals surface area contributed by atoms with Gasteiger partial charge in [-0.25, -0.2) is 8.42 Å². The minimum absolute atomic E-state index is 0.0956. The number of sulfonamides is 1. The lowest BCUT2D eigenvalue weighted by Gasteiger charge is -2.36. The molecule has 2 aliphatic heterocycles. The fraction of sp³-hybridized carbons (Fsp3) is 0.714. The first-order valence-corrected chi connectivity index (χ1v) is 9.56. The third-order valence-corrected chi connectivity index (χ3v) is 6.19. The second-order valence-corrected chi connectivity index (χ2v) is 7.94. The molecule has 0 aromatic carbocycles. The first-order valence-electron chi connectivity index (χ1n) is 7.95. The molecule has 8 nitrogen and oxygen atoms in total. The SMILES string of the molecule is O=C(C1CCCCN1)N1CCN(S(=O)(=O)Cc2ccon2)CC1. The van der Waals surface area contributed by atoms with Crippen LogP contribution in [0.25, 0.3) is 0 Å². The van der Waals surface area contributed by atoms with E-state index >= 15 is 0 Å². The highest BCUT2D eigenvalue weighted by atomic mass is 32.2. The van der Waals surface area contributed by atoms with Crippen molar-refractivity contribution in [3.63, 3.8) is 0 Å². The first kappa shape index (κ1) is 16.4. The molecule has 128 valence electrons. The van der Waals surface area contributed by atoms with Crippen LogP contribution >= 0.6 is 0 Å². The van der Waals surface area contributed by atoms with E-state index in [0.29, 0.717) is 31.9 Å². The standard InChI is InChI=1S/C14H22N4O4S/c19-14(13-3-1-2-5-15-13)17-6-8-18(9-7-17)23(20,21)11-12-4-10-22-16-12/h4,10,13,15H,1-3,5-9,11H2. The molecule has 0 aliphatic carbocycles. The minimum Gasteiger partial charge on any atom is -0.364 e. The zero-order valence-corrected chi connectivity index (χ0v) is 13.8. The van der Waals surface area contributed by atoms with Gasteiger partial charge in [-0.2, -0.15) is 4.31 Å². The van der Waals surface area contributed by atoms with Crippen molar-refractivity contribution in [1.82, 2.24) is 19.7 Å². The van der Waals surface area contributed by atoms with Gasteiger partial charge < -0.3 is 14.7 Å². The average molecular weight is 342 g/mol. The summed E-state index contributed by atoms with van der Waals surface area (Å²) in [5.41, 5.74) is 0.398. The Kier molecular flexibility index (Phi) is 4.98. The zero-order valence-electron chi connectivity index (χ0n) is 13.0. The van der Waals surface area contributed by atoms with Gasteiger partial charge in [-0.05, 0) is 19.4 Å². The highest BCUT2D eigenvalue weighted by Gasteiger charge is 2.32. The van der Waals surface area contributed by atoms with E-state index < -0.39 is 10.0 Å². The van der Waals surface area contributed by atoms with Gasteiger partial charge in [0.15, 0.2) is 0 Å². The number of nitrogens with one attached hydrogen (secondary N) is 1. The third kappa shape index (κ3) is 3.91. The summed E-state index contributed by atoms with van der Waals surface area (Å²) in [4.78, 5) is 14.2. The second-order valence-electron chi connectivity index (χ2n) is 5.97. The molecular formula is C14H22N4O4S. The number of aromatic nitrogens is 1. The molecule has 3 rings (SSSR count). The largest absolute Gasteiger partial charge is 0.364 e. The van der Waals surface area contributed by atoms with Crippen molar-refractivity contribution >= 4 is 15.9 Å². The van der Waals surface area contributed by atoms with Crippen molar-refractivity contribution in [1.29, 1.82) is 0 Å². The van der Waals surface area contributed by atoms with Crippen LogP contribution in [0.1, 0.15) is 25.0 Å². The second kappa shape index (κ2) is 6.98. The molecule has 1 N–H and O–H groups in total. The molecule has 9 heteroatoms. The van der Waals surface area contributed by atoms with Crippen LogP contribution in [0.2, 0.25) is 0 Å². The lowest BCUT2D eigenvalue weighted by Crippen LogP contribution is -2.55. The molecule has 0 saturated carbocycles. The Morgan fingerprint density at radius 1 is 1.30 bits per heavy atom. The van der Waals surface area contributed by atoms with Crippen LogP contribution in [0, 0.1) is 0 Å². The summed E-state index contributed by atoms with van der Waals surface area (Å²) in [5.74, 6) is -0.0695. The van der Waals surface area contributed by atoms with Crippen molar-refractivity contribution < 1.29 is 17.7 Å². The molecule has 1 aromatic heterocycles. The van der Waals surface area contributed by atoms with Gasteiger partial charge in [-0.3, -0.25) is 4.79 Å². The minimum atomic E-state index is -3.42. The predicted molar refractivity (Wildman–Crippen MR) is 82.9 cm³/mol. The number of hydrogen-bond donors (Lipinski definition) is 1. The van der Waals surface area contributed by atoms with Crippen molar-refractivity contribution in [2.24, 2.45) is 0 Å². The van der Waals surface area contributed by atoms with Gasteiger partial charge >= 0.3 is 0 Å². The van der Waals surface area contributed by atoms with Crippen molar-refractivity contribution in [2.45, 2.75) is 31.1 Å². The normalized spacial score (nSPS) is 23.8. The summed E-state index contributed by atoms with van der Waals surface area (Å²) >= 11 is 0. The van der Waals surface area contributed by atoms with Gasteiger partial charge in [-0.1, -0.05) is 11.6 Å². The van der Waals surface area contributed by atoms with E-state index in [1.54, 1.807) is 11.0 Å². The fourth-order valence-electron chi connectivity index (χ4n) is 3.06. The number of carbonyl (C=O) groups excluding carboxylic acids is 1. The van der Waals surface area contributed by atoms with Gasteiger partial charge in [0.1, 0.15) is 12.0 Å². The lowest BCUT2D eigenvalue weighted by atomic mass is 10.0. The summed E-state index contributed by atoms with van der Waals surface area (Å²) < 4.78 is 30.8. The zero-order chi connectivity index (χ0) is 16.3. The highest BCUT2D eigenvalue weighted by molar-refractivity contribution is 7.88. The van der Waals surface area contributed by atoms with E-state index in [1.165, 1.54) is 10.6 Å². The summed E-state index contributed by atoms with van der Waals surface area (Å²) in [7, 11) is -3.42. The lowest BCUT2D eigenvalue weighted by molar-refractivity contribution is -0.135. The summed E-state index contributed by atoms with van der Waals surface area (Å²) in [5, 5.41) is 6.89. The highest BCUT2D eigenvalue weighted by Crippen LogP contribution is 2.15. The molecule has 23 heavy (non-hydrogen) atoms. The number of piperidine rings is 1. The van der Waals surface area contributed by atoms with Crippen LogP contribution in [0.5, 0.6) is 0 Å². The molecule has 0 bridgehead atoms. The third-order valence-electron chi connectivity index (χ3n) is 4.37. The van der Waals surface area contributed by atoms with Gasteiger partial charge in [-0.15, -0.1) is 0 Å². The van der Waals surface area contributed by atoms with Crippen molar-refractivity contribution in [3.8, 4) is 0 Å². The molecule has 3 heterocycles. The number of carbonyl (C=O) groups is 1. The predicted octanol–water partition coefficient (Wildman–Crippen LogP) is -0.209. The molecule has 1 atom stereocenters. The smallest absolute Gasteiger partial charge is 0.239 e. The molecule has 1 amide bonds. The van der Waals surface area contributed by atoms with Crippen LogP contribution in [0.4, 0.5) is 0 Å². The number of amides is 1. The maximum atomic E-state index is 12.4. The van der Waals surface area contributed by atoms with Crippen molar-refractivity contribution in [2.75, 3.05) is 32.7 Å². The Bertz CT molecular complexity index is 617.